The molecule has 0 aliphatic rings. The van der Waals surface area contributed by atoms with Crippen LogP contribution in [-0.2, 0) is 19.5 Å². The summed E-state index contributed by atoms with van der Waals surface area (Å²) in [5.41, 5.74) is -1.65. The van der Waals surface area contributed by atoms with Gasteiger partial charge >= 0.3 is 212 Å². The van der Waals surface area contributed by atoms with Crippen molar-refractivity contribution in [2.75, 3.05) is 10.6 Å². The molecule has 0 aliphatic heterocycles. The zero-order valence-electron chi connectivity index (χ0n) is 27.4. The first-order chi connectivity index (χ1) is 22.8. The number of para-hydroxylation sites is 1. The number of fused-ring (bicyclic) bond motifs is 1. The molecule has 0 unspecified atom stereocenters. The Hall–Kier alpha value is 0.575. The smallest absolute Gasteiger partial charge is 0.744 e. The van der Waals surface area contributed by atoms with Gasteiger partial charge in [0, 0.05) is 22.2 Å². The Morgan fingerprint density at radius 3 is 1.94 bits per heavy atom. The van der Waals surface area contributed by atoms with Crippen molar-refractivity contribution in [1.29, 1.82) is 0 Å². The van der Waals surface area contributed by atoms with Gasteiger partial charge in [0.1, 0.15) is 15.8 Å². The quantitative estimate of drug-likeness (QED) is 0.0226. The summed E-state index contributed by atoms with van der Waals surface area (Å²) in [6.45, 7) is 0. The van der Waals surface area contributed by atoms with E-state index < -0.39 is 56.3 Å². The third-order valence-corrected chi connectivity index (χ3v) is 7.64. The number of carbonyl (C=O) groups is 2. The van der Waals surface area contributed by atoms with Crippen LogP contribution in [0.3, 0.4) is 0 Å². The van der Waals surface area contributed by atoms with Crippen LogP contribution in [-0.4, -0.2) is 50.1 Å². The Morgan fingerprint density at radius 2 is 1.36 bits per heavy atom. The van der Waals surface area contributed by atoms with Crippen LogP contribution in [0.25, 0.3) is 10.8 Å². The number of hydrogen-bond acceptors (Lipinski definition) is 20. The molecule has 0 aliphatic carbocycles. The Kier molecular flexibility index (Phi) is 24.8. The van der Waals surface area contributed by atoms with Crippen LogP contribution in [0.4, 0.5) is 34.6 Å². The molecule has 254 valence electrons. The fourth-order valence-electron chi connectivity index (χ4n) is 4.24. The number of aromatic nitrogens is 3. The molecule has 0 fully saturated rings. The van der Waals surface area contributed by atoms with Gasteiger partial charge in [0.25, 0.3) is 0 Å². The summed E-state index contributed by atoms with van der Waals surface area (Å²) in [7, 11) is -5.16. The van der Waals surface area contributed by atoms with Crippen LogP contribution in [0.1, 0.15) is 28.1 Å². The summed E-state index contributed by atoms with van der Waals surface area (Å²) in [6, 6.07) is 12.7. The second-order valence-corrected chi connectivity index (χ2v) is 11.3. The van der Waals surface area contributed by atoms with E-state index in [1.165, 1.54) is 48.5 Å². The average Bonchev–Trinajstić information content (AvgIpc) is 3.02. The number of azo groups is 1. The molecule has 0 atom stereocenters. The average molecular weight is 866 g/mol. The van der Waals surface area contributed by atoms with Crippen molar-refractivity contribution < 1.29 is 263 Å². The summed E-state index contributed by atoms with van der Waals surface area (Å²) in [5.74, 6) is -4.77. The predicted octanol–water partition coefficient (Wildman–Crippen LogP) is -10.1. The summed E-state index contributed by atoms with van der Waals surface area (Å²) in [4.78, 5) is 33.4. The molecule has 4 aromatic carbocycles. The van der Waals surface area contributed by atoms with Gasteiger partial charge in [-0.05, 0) is 35.7 Å². The van der Waals surface area contributed by atoms with Gasteiger partial charge in [-0.25, -0.2) is 8.42 Å². The Morgan fingerprint density at radius 1 is 0.792 bits per heavy atom. The van der Waals surface area contributed by atoms with Crippen LogP contribution in [0, 0.1) is 0 Å². The van der Waals surface area contributed by atoms with Crippen molar-refractivity contribution in [3.63, 3.8) is 0 Å². The Bertz CT molecular complexity index is 2240. The molecule has 4 N–H and O–H groups in total. The Labute approximate surface area is 475 Å². The molecular formula is C28H19K4N7O12S2. The van der Waals surface area contributed by atoms with Crippen molar-refractivity contribution in [3.05, 3.63) is 77.9 Å². The number of aromatic hydroxyl groups is 2. The van der Waals surface area contributed by atoms with Crippen molar-refractivity contribution in [2.45, 2.75) is 17.2 Å². The van der Waals surface area contributed by atoms with Gasteiger partial charge in [-0.1, -0.05) is 43.8 Å². The van der Waals surface area contributed by atoms with Gasteiger partial charge in [0.2, 0.25) is 11.9 Å². The number of anilines is 4. The van der Waals surface area contributed by atoms with E-state index >= 15 is 0 Å². The van der Waals surface area contributed by atoms with E-state index in [0.29, 0.717) is 0 Å². The number of aromatic carboxylic acids is 2. The van der Waals surface area contributed by atoms with E-state index in [1.807, 2.05) is 0 Å². The first-order valence-corrected chi connectivity index (χ1v) is 14.9. The number of nitrogens with one attached hydrogen (secondary N) is 2. The van der Waals surface area contributed by atoms with Gasteiger partial charge < -0.3 is 50.5 Å². The molecule has 0 saturated heterocycles. The minimum Gasteiger partial charge on any atom is -0.744 e. The fourth-order valence-corrected chi connectivity index (χ4v) is 5.26. The van der Waals surface area contributed by atoms with Gasteiger partial charge in [-0.2, -0.15) is 19.3 Å². The van der Waals surface area contributed by atoms with E-state index in [0.717, 1.165) is 18.2 Å². The molecule has 0 saturated carbocycles. The molecule has 5 aromatic rings. The molecule has 25 heteroatoms. The molecule has 0 spiro atoms. The van der Waals surface area contributed by atoms with E-state index in [9.17, 15) is 48.2 Å². The van der Waals surface area contributed by atoms with Crippen LogP contribution in [0.15, 0.2) is 86.7 Å². The molecule has 1 heterocycles. The van der Waals surface area contributed by atoms with E-state index in [2.05, 4.69) is 45.2 Å². The zero-order chi connectivity index (χ0) is 34.6. The van der Waals surface area contributed by atoms with Crippen LogP contribution in [0.2, 0.25) is 0 Å². The van der Waals surface area contributed by atoms with E-state index in [4.69, 9.17) is 0 Å². The minimum absolute atomic E-state index is 0. The van der Waals surface area contributed by atoms with Gasteiger partial charge in [0.05, 0.1) is 45.1 Å². The van der Waals surface area contributed by atoms with Crippen LogP contribution < -0.4 is 232 Å². The van der Waals surface area contributed by atoms with Crippen molar-refractivity contribution in [1.82, 2.24) is 15.0 Å². The van der Waals surface area contributed by atoms with Crippen molar-refractivity contribution in [3.8, 4) is 11.8 Å². The maximum Gasteiger partial charge on any atom is 1.00 e. The van der Waals surface area contributed by atoms with Gasteiger partial charge in [-0.3, -0.25) is 5.04 Å². The maximum atomic E-state index is 12.1. The molecule has 5 rings (SSSR count). The SMILES string of the molecule is C.O=C([O-])c1ccccc1N=Nc1c(SOO[O-])cc2cc(S(=O)(=O)[O-])cc(Nc3nc(O)nc(Nc4ccccc4C(=O)[O-])n3)c2c1O.[K+].[K+].[K+].[K+]. The number of benzene rings is 4. The first kappa shape index (κ1) is 53.6. The fraction of sp³-hybridized carbons (Fsp3) is 0.0357. The van der Waals surface area contributed by atoms with Crippen LogP contribution in [0.5, 0.6) is 11.8 Å². The minimum atomic E-state index is -5.16. The molecule has 19 nitrogen and oxygen atoms in total. The third-order valence-electron chi connectivity index (χ3n) is 6.21. The molecule has 0 radical (unpaired) electrons. The maximum absolute atomic E-state index is 12.1. The number of nitrogens with zero attached hydrogens (tertiary/aromatic N) is 5. The third kappa shape index (κ3) is 14.1. The van der Waals surface area contributed by atoms with Gasteiger partial charge in [-0.15, -0.1) is 10.2 Å². The second kappa shape index (κ2) is 24.5. The summed E-state index contributed by atoms with van der Waals surface area (Å²) in [5, 5.41) is 71.1. The largest absolute Gasteiger partial charge is 1.00 e. The molecule has 0 amide bonds. The second-order valence-electron chi connectivity index (χ2n) is 9.18. The summed E-state index contributed by atoms with van der Waals surface area (Å²) < 4.78 is 40.5. The number of carbonyl (C=O) groups excluding carboxylic acids is 2. The van der Waals surface area contributed by atoms with Crippen molar-refractivity contribution >= 4 is 79.5 Å². The van der Waals surface area contributed by atoms with E-state index in [1.54, 1.807) is 0 Å². The monoisotopic (exact) mass is 865 g/mol. The molecular weight excluding hydrogens is 847 g/mol. The van der Waals surface area contributed by atoms with E-state index in [-0.39, 0.29) is 269 Å². The summed E-state index contributed by atoms with van der Waals surface area (Å²) >= 11 is 0.207. The standard InChI is InChI=1S/C27H19N7O12S2.CH4.4K/c35-22-20-12(10-19(47-46-45-41)21(22)34-33-17-8-4-2-6-15(17)24(38)39)9-13(48(42,43)44)11-18(20)29-26-30-25(31-27(40)32-26)28-16-7-3-1-5-14(16)23(36)37;;;;;/h1-11,35,41H,(H,36,37)(H,38,39)(H,42,43,44)(H3,28,29,30,31,32,40);1H4;;;;/q;;4*+1/p-4. The number of carboxylic acids is 2. The van der Waals surface area contributed by atoms with Crippen LogP contribution >= 0.6 is 12.0 Å². The molecule has 53 heavy (non-hydrogen) atoms. The summed E-state index contributed by atoms with van der Waals surface area (Å²) in [6.07, 6.45) is 0. The zero-order valence-corrected chi connectivity index (χ0v) is 41.5. The predicted molar refractivity (Wildman–Crippen MR) is 162 cm³/mol. The molecule has 1 aromatic heterocycles. The number of phenolic OH excluding ortho intramolecular Hbond substituents is 1. The number of hydrogen-bond donors (Lipinski definition) is 4. The Balaban J connectivity index is 0.00000541. The molecule has 0 bridgehead atoms. The topological polar surface area (TPSA) is 307 Å². The first-order valence-electron chi connectivity index (χ1n) is 12.8. The number of rotatable bonds is 12. The normalized spacial score (nSPS) is 10.5. The number of phenols is 1. The van der Waals surface area contributed by atoms with Gasteiger partial charge in [0.15, 0.2) is 5.75 Å². The number of carboxylic acid groups (broad SMARTS) is 2. The van der Waals surface area contributed by atoms with Crippen molar-refractivity contribution in [2.24, 2.45) is 10.2 Å².